The second-order valence-corrected chi connectivity index (χ2v) is 2.48. The van der Waals surface area contributed by atoms with Gasteiger partial charge in [0.25, 0.3) is 0 Å². The topological polar surface area (TPSA) is 27.0 Å². The molecule has 3 heteroatoms. The van der Waals surface area contributed by atoms with E-state index in [2.05, 4.69) is 23.3 Å². The van der Waals surface area contributed by atoms with Gasteiger partial charge in [-0.05, 0) is 18.6 Å². The molecule has 14 heavy (non-hydrogen) atoms. The number of rotatable bonds is 3. The van der Waals surface area contributed by atoms with Gasteiger partial charge in [0.1, 0.15) is 0 Å². The van der Waals surface area contributed by atoms with Crippen molar-refractivity contribution in [3.63, 3.8) is 0 Å². The smallest absolute Gasteiger partial charge is 0.0402 e. The summed E-state index contributed by atoms with van der Waals surface area (Å²) in [4.78, 5) is 4.20. The summed E-state index contributed by atoms with van der Waals surface area (Å²) < 4.78 is 0. The molecule has 0 unspecified atom stereocenters. The molecule has 79 valence electrons. The first kappa shape index (κ1) is 16.1. The van der Waals surface area contributed by atoms with Crippen molar-refractivity contribution in [1.29, 1.82) is 0 Å². The van der Waals surface area contributed by atoms with Crippen LogP contribution in [0.25, 0.3) is 5.32 Å². The Kier molecular flexibility index (Phi) is 12.4. The van der Waals surface area contributed by atoms with Crippen LogP contribution in [0.4, 0.5) is 0 Å². The third kappa shape index (κ3) is 6.19. The van der Waals surface area contributed by atoms with E-state index in [9.17, 15) is 0 Å². The van der Waals surface area contributed by atoms with Crippen LogP contribution < -0.4 is 0 Å². The average molecular weight is 230 g/mol. The van der Waals surface area contributed by atoms with Crippen LogP contribution in [-0.4, -0.2) is 12.0 Å². The maximum atomic E-state index is 4.20. The zero-order chi connectivity index (χ0) is 10.1. The van der Waals surface area contributed by atoms with E-state index < -0.39 is 0 Å². The van der Waals surface area contributed by atoms with Gasteiger partial charge in [-0.15, -0.1) is 6.54 Å². The molecular weight excluding hydrogens is 211 g/mol. The number of nitrogens with zero attached hydrogens (tertiary/aromatic N) is 2. The minimum atomic E-state index is 0. The zero-order valence-electron chi connectivity index (χ0n) is 9.49. The van der Waals surface area contributed by atoms with Crippen molar-refractivity contribution in [2.75, 3.05) is 7.05 Å². The summed E-state index contributed by atoms with van der Waals surface area (Å²) in [6.45, 7) is 6.91. The van der Waals surface area contributed by atoms with Gasteiger partial charge >= 0.3 is 0 Å². The Morgan fingerprint density at radius 2 is 2.00 bits per heavy atom. The molecule has 0 bridgehead atoms. The molecule has 2 nitrogen and oxygen atoms in total. The predicted octanol–water partition coefficient (Wildman–Crippen LogP) is 3.17. The first-order valence-electron chi connectivity index (χ1n) is 4.86. The fourth-order valence-corrected chi connectivity index (χ4v) is 1.00. The van der Waals surface area contributed by atoms with Crippen LogP contribution in [0.3, 0.4) is 0 Å². The van der Waals surface area contributed by atoms with Crippen molar-refractivity contribution in [3.8, 4) is 0 Å². The van der Waals surface area contributed by atoms with Gasteiger partial charge in [-0.3, -0.25) is 4.98 Å². The fraction of sp³-hybridized carbons (Fsp3) is 0.545. The van der Waals surface area contributed by atoms with E-state index in [-0.39, 0.29) is 18.6 Å². The third-order valence-corrected chi connectivity index (χ3v) is 1.58. The molecule has 1 heterocycles. The van der Waals surface area contributed by atoms with Crippen LogP contribution in [-0.2, 0) is 31.5 Å². The molecule has 0 atom stereocenters. The quantitative estimate of drug-likeness (QED) is 0.783. The second-order valence-electron chi connectivity index (χ2n) is 2.48. The Morgan fingerprint density at radius 1 is 1.36 bits per heavy atom. The van der Waals surface area contributed by atoms with Gasteiger partial charge in [0.15, 0.2) is 0 Å². The van der Waals surface area contributed by atoms with Gasteiger partial charge in [-0.1, -0.05) is 26.3 Å². The summed E-state index contributed by atoms with van der Waals surface area (Å²) in [5.41, 5.74) is 2.39. The summed E-state index contributed by atoms with van der Waals surface area (Å²) in [6.07, 6.45) is 2.84. The van der Waals surface area contributed by atoms with Gasteiger partial charge in [-0.25, -0.2) is 0 Å². The Hall–Kier alpha value is -0.306. The normalized spacial score (nSPS) is 8.29. The van der Waals surface area contributed by atoms with Crippen molar-refractivity contribution in [2.24, 2.45) is 0 Å². The molecule has 0 amide bonds. The molecule has 0 spiro atoms. The van der Waals surface area contributed by atoms with Crippen LogP contribution in [0, 0.1) is 0 Å². The van der Waals surface area contributed by atoms with E-state index in [1.54, 1.807) is 0 Å². The Morgan fingerprint density at radius 3 is 2.50 bits per heavy atom. The van der Waals surface area contributed by atoms with Crippen LogP contribution >= 0.6 is 0 Å². The van der Waals surface area contributed by atoms with Crippen molar-refractivity contribution >= 4 is 0 Å². The molecule has 0 N–H and O–H groups in total. The summed E-state index contributed by atoms with van der Waals surface area (Å²) >= 11 is 0. The minimum Gasteiger partial charge on any atom is -0.661 e. The van der Waals surface area contributed by atoms with E-state index in [1.807, 2.05) is 33.2 Å². The van der Waals surface area contributed by atoms with Crippen molar-refractivity contribution in [2.45, 2.75) is 33.7 Å². The molecule has 0 saturated heterocycles. The van der Waals surface area contributed by atoms with Gasteiger partial charge < -0.3 is 5.32 Å². The van der Waals surface area contributed by atoms with Crippen molar-refractivity contribution < 1.29 is 18.6 Å². The van der Waals surface area contributed by atoms with E-state index in [4.69, 9.17) is 0 Å². The van der Waals surface area contributed by atoms with Gasteiger partial charge in [0.05, 0.1) is 0 Å². The molecular formula is C11H19N2V-. The first-order chi connectivity index (χ1) is 6.36. The molecule has 0 aliphatic heterocycles. The van der Waals surface area contributed by atoms with E-state index >= 15 is 0 Å². The van der Waals surface area contributed by atoms with E-state index in [1.165, 1.54) is 5.56 Å². The number of aryl methyl sites for hydroxylation is 1. The molecule has 1 aromatic heterocycles. The minimum absolute atomic E-state index is 0. The van der Waals surface area contributed by atoms with Crippen molar-refractivity contribution in [3.05, 3.63) is 34.9 Å². The number of aromatic nitrogens is 1. The van der Waals surface area contributed by atoms with Gasteiger partial charge in [0, 0.05) is 30.4 Å². The van der Waals surface area contributed by atoms with Gasteiger partial charge in [-0.2, -0.15) is 7.05 Å². The molecule has 0 aromatic carbocycles. The maximum absolute atomic E-state index is 4.20. The van der Waals surface area contributed by atoms with Crippen LogP contribution in [0.2, 0.25) is 0 Å². The fourth-order valence-electron chi connectivity index (χ4n) is 1.00. The molecule has 1 radical (unpaired) electrons. The van der Waals surface area contributed by atoms with Crippen LogP contribution in [0.5, 0.6) is 0 Å². The SMILES string of the molecule is CC.CCc1cc(C[N-]C)ccn1.[V]. The number of hydrogen-bond donors (Lipinski definition) is 0. The van der Waals surface area contributed by atoms with Crippen molar-refractivity contribution in [1.82, 2.24) is 4.98 Å². The Labute approximate surface area is 99.4 Å². The number of pyridine rings is 1. The molecule has 1 rings (SSSR count). The monoisotopic (exact) mass is 230 g/mol. The average Bonchev–Trinajstić information content (AvgIpc) is 2.22. The van der Waals surface area contributed by atoms with Gasteiger partial charge in [0.2, 0.25) is 0 Å². The Balaban J connectivity index is 0. The largest absolute Gasteiger partial charge is 0.661 e. The first-order valence-corrected chi connectivity index (χ1v) is 4.86. The summed E-state index contributed by atoms with van der Waals surface area (Å²) in [7, 11) is 1.83. The zero-order valence-corrected chi connectivity index (χ0v) is 10.9. The molecule has 1 aromatic rings. The number of hydrogen-bond acceptors (Lipinski definition) is 1. The summed E-state index contributed by atoms with van der Waals surface area (Å²) in [5.74, 6) is 0. The third-order valence-electron chi connectivity index (χ3n) is 1.58. The predicted molar refractivity (Wildman–Crippen MR) is 58.0 cm³/mol. The van der Waals surface area contributed by atoms with Crippen LogP contribution in [0.15, 0.2) is 18.3 Å². The molecule has 0 aliphatic carbocycles. The summed E-state index contributed by atoms with van der Waals surface area (Å²) in [6, 6.07) is 4.11. The van der Waals surface area contributed by atoms with Crippen LogP contribution in [0.1, 0.15) is 32.0 Å². The van der Waals surface area contributed by atoms with E-state index in [0.717, 1.165) is 18.7 Å². The standard InChI is InChI=1S/C9H13N2.C2H6.V/c1-3-9-6-8(7-10-2)4-5-11-9;1-2;/h4-6H,3,7H2,1-2H3;1-2H3;/q-1;;. The molecule has 0 fully saturated rings. The molecule has 0 aliphatic rings. The summed E-state index contributed by atoms with van der Waals surface area (Å²) in [5, 5.41) is 4.05. The van der Waals surface area contributed by atoms with E-state index in [0.29, 0.717) is 0 Å². The Bertz CT molecular complexity index is 226. The second kappa shape index (κ2) is 10.8. The molecule has 0 saturated carbocycles. The maximum Gasteiger partial charge on any atom is 0.0402 e.